The van der Waals surface area contributed by atoms with E-state index in [2.05, 4.69) is 39.0 Å². The molecule has 1 fully saturated rings. The van der Waals surface area contributed by atoms with Crippen LogP contribution in [0.5, 0.6) is 0 Å². The van der Waals surface area contributed by atoms with Gasteiger partial charge in [-0.15, -0.1) is 0 Å². The number of hydrogen-bond acceptors (Lipinski definition) is 1. The van der Waals surface area contributed by atoms with Gasteiger partial charge in [-0.05, 0) is 55.2 Å². The van der Waals surface area contributed by atoms with E-state index in [4.69, 9.17) is 5.73 Å². The minimum atomic E-state index is 0.237. The molecule has 0 saturated heterocycles. The first-order valence-corrected chi connectivity index (χ1v) is 7.45. The van der Waals surface area contributed by atoms with Gasteiger partial charge in [0.05, 0.1) is 0 Å². The number of hydrogen-bond donors (Lipinski definition) is 1. The van der Waals surface area contributed by atoms with E-state index < -0.39 is 0 Å². The maximum absolute atomic E-state index is 6.59. The topological polar surface area (TPSA) is 26.0 Å². The zero-order valence-electron chi connectivity index (χ0n) is 12.1. The third-order valence-corrected chi connectivity index (χ3v) is 4.78. The summed E-state index contributed by atoms with van der Waals surface area (Å²) in [6, 6.07) is 6.77. The van der Waals surface area contributed by atoms with E-state index in [1.54, 1.807) is 0 Å². The van der Waals surface area contributed by atoms with Gasteiger partial charge in [0.25, 0.3) is 0 Å². The van der Waals surface area contributed by atoms with Crippen LogP contribution in [0.25, 0.3) is 0 Å². The first kappa shape index (κ1) is 13.6. The second-order valence-corrected chi connectivity index (χ2v) is 6.03. The second-order valence-electron chi connectivity index (χ2n) is 6.03. The number of benzene rings is 1. The van der Waals surface area contributed by atoms with Crippen LogP contribution in [-0.4, -0.2) is 0 Å². The lowest BCUT2D eigenvalue weighted by Crippen LogP contribution is -2.28. The third kappa shape index (κ3) is 2.77. The molecule has 1 aromatic rings. The van der Waals surface area contributed by atoms with E-state index in [0.29, 0.717) is 5.92 Å². The third-order valence-electron chi connectivity index (χ3n) is 4.78. The lowest BCUT2D eigenvalue weighted by atomic mass is 9.74. The molecule has 0 amide bonds. The number of rotatable bonds is 3. The van der Waals surface area contributed by atoms with Crippen molar-refractivity contribution in [1.29, 1.82) is 0 Å². The molecule has 0 bridgehead atoms. The molecule has 1 aliphatic carbocycles. The molecule has 0 spiro atoms. The molecular weight excluding hydrogens is 218 g/mol. The molecule has 18 heavy (non-hydrogen) atoms. The Bertz CT molecular complexity index is 376. The van der Waals surface area contributed by atoms with Gasteiger partial charge in [0.2, 0.25) is 0 Å². The summed E-state index contributed by atoms with van der Waals surface area (Å²) in [6.07, 6.45) is 6.72. The second kappa shape index (κ2) is 5.88. The monoisotopic (exact) mass is 245 g/mol. The fraction of sp³-hybridized carbons (Fsp3) is 0.647. The van der Waals surface area contributed by atoms with Crippen LogP contribution in [-0.2, 0) is 0 Å². The molecule has 0 heterocycles. The predicted molar refractivity (Wildman–Crippen MR) is 78.6 cm³/mol. The van der Waals surface area contributed by atoms with Crippen LogP contribution in [0, 0.1) is 25.7 Å². The highest BCUT2D eigenvalue weighted by Gasteiger charge is 2.27. The van der Waals surface area contributed by atoms with Crippen LogP contribution >= 0.6 is 0 Å². The van der Waals surface area contributed by atoms with Gasteiger partial charge in [-0.1, -0.05) is 44.4 Å². The van der Waals surface area contributed by atoms with Crippen molar-refractivity contribution in [2.45, 2.75) is 58.9 Å². The molecule has 2 N–H and O–H groups in total. The Morgan fingerprint density at radius 3 is 2.50 bits per heavy atom. The van der Waals surface area contributed by atoms with Crippen molar-refractivity contribution in [2.24, 2.45) is 17.6 Å². The maximum atomic E-state index is 6.59. The van der Waals surface area contributed by atoms with Gasteiger partial charge in [0, 0.05) is 6.04 Å². The largest absolute Gasteiger partial charge is 0.324 e. The standard InChI is InChI=1S/C17H27N/c1-4-14-9-6-10-15(11-14)17(18)16-12(2)7-5-8-13(16)3/h5,7-8,14-15,17H,4,6,9-11,18H2,1-3H3. The summed E-state index contributed by atoms with van der Waals surface area (Å²) in [5.74, 6) is 1.59. The number of aryl methyl sites for hydroxylation is 2. The molecule has 3 atom stereocenters. The highest BCUT2D eigenvalue weighted by Crippen LogP contribution is 2.38. The Kier molecular flexibility index (Phi) is 4.45. The molecule has 1 aromatic carbocycles. The summed E-state index contributed by atoms with van der Waals surface area (Å²) in [7, 11) is 0. The molecule has 0 radical (unpaired) electrons. The smallest absolute Gasteiger partial charge is 0.0328 e. The van der Waals surface area contributed by atoms with Gasteiger partial charge in [-0.25, -0.2) is 0 Å². The van der Waals surface area contributed by atoms with Crippen LogP contribution in [0.1, 0.15) is 61.8 Å². The average Bonchev–Trinajstić information content (AvgIpc) is 2.38. The fourth-order valence-electron chi connectivity index (χ4n) is 3.62. The highest BCUT2D eigenvalue weighted by molar-refractivity contribution is 5.36. The first-order valence-electron chi connectivity index (χ1n) is 7.45. The van der Waals surface area contributed by atoms with E-state index in [-0.39, 0.29) is 6.04 Å². The van der Waals surface area contributed by atoms with Gasteiger partial charge in [0.1, 0.15) is 0 Å². The molecule has 0 aromatic heterocycles. The summed E-state index contributed by atoms with van der Waals surface area (Å²) >= 11 is 0. The van der Waals surface area contributed by atoms with Crippen LogP contribution in [0.2, 0.25) is 0 Å². The van der Waals surface area contributed by atoms with E-state index in [0.717, 1.165) is 5.92 Å². The van der Waals surface area contributed by atoms with Crippen molar-refractivity contribution < 1.29 is 0 Å². The zero-order chi connectivity index (χ0) is 13.1. The molecule has 3 unspecified atom stereocenters. The van der Waals surface area contributed by atoms with Crippen LogP contribution in [0.15, 0.2) is 18.2 Å². The quantitative estimate of drug-likeness (QED) is 0.832. The normalized spacial score (nSPS) is 26.0. The van der Waals surface area contributed by atoms with Gasteiger partial charge >= 0.3 is 0 Å². The van der Waals surface area contributed by atoms with Gasteiger partial charge in [-0.3, -0.25) is 0 Å². The lowest BCUT2D eigenvalue weighted by molar-refractivity contribution is 0.230. The van der Waals surface area contributed by atoms with Crippen LogP contribution in [0.4, 0.5) is 0 Å². The van der Waals surface area contributed by atoms with Crippen molar-refractivity contribution in [3.63, 3.8) is 0 Å². The fourth-order valence-corrected chi connectivity index (χ4v) is 3.62. The van der Waals surface area contributed by atoms with E-state index in [9.17, 15) is 0 Å². The van der Waals surface area contributed by atoms with Crippen molar-refractivity contribution in [3.8, 4) is 0 Å². The molecule has 0 aliphatic heterocycles. The predicted octanol–water partition coefficient (Wildman–Crippen LogP) is 4.52. The Morgan fingerprint density at radius 1 is 1.22 bits per heavy atom. The summed E-state index contributed by atoms with van der Waals surface area (Å²) in [5, 5.41) is 0. The highest BCUT2D eigenvalue weighted by atomic mass is 14.7. The molecule has 1 heteroatoms. The minimum absolute atomic E-state index is 0.237. The van der Waals surface area contributed by atoms with Gasteiger partial charge < -0.3 is 5.73 Å². The molecule has 2 rings (SSSR count). The van der Waals surface area contributed by atoms with Crippen LogP contribution < -0.4 is 5.73 Å². The average molecular weight is 245 g/mol. The summed E-state index contributed by atoms with van der Waals surface area (Å²) < 4.78 is 0. The Morgan fingerprint density at radius 2 is 1.89 bits per heavy atom. The summed E-state index contributed by atoms with van der Waals surface area (Å²) in [5.41, 5.74) is 10.7. The molecular formula is C17H27N. The number of nitrogens with two attached hydrogens (primary N) is 1. The Hall–Kier alpha value is -0.820. The Balaban J connectivity index is 2.17. The van der Waals surface area contributed by atoms with Crippen LogP contribution in [0.3, 0.4) is 0 Å². The van der Waals surface area contributed by atoms with Crippen molar-refractivity contribution in [1.82, 2.24) is 0 Å². The summed E-state index contributed by atoms with van der Waals surface area (Å²) in [4.78, 5) is 0. The van der Waals surface area contributed by atoms with Crippen molar-refractivity contribution >= 4 is 0 Å². The van der Waals surface area contributed by atoms with Crippen molar-refractivity contribution in [3.05, 3.63) is 34.9 Å². The van der Waals surface area contributed by atoms with E-state index in [1.807, 2.05) is 0 Å². The molecule has 100 valence electrons. The van der Waals surface area contributed by atoms with Gasteiger partial charge in [0.15, 0.2) is 0 Å². The van der Waals surface area contributed by atoms with E-state index in [1.165, 1.54) is 48.8 Å². The maximum Gasteiger partial charge on any atom is 0.0328 e. The van der Waals surface area contributed by atoms with E-state index >= 15 is 0 Å². The molecule has 1 nitrogen and oxygen atoms in total. The molecule has 1 saturated carbocycles. The molecule has 1 aliphatic rings. The SMILES string of the molecule is CCC1CCCC(C(N)c2c(C)cccc2C)C1. The Labute approximate surface area is 112 Å². The van der Waals surface area contributed by atoms with Gasteiger partial charge in [-0.2, -0.15) is 0 Å². The minimum Gasteiger partial charge on any atom is -0.324 e. The lowest BCUT2D eigenvalue weighted by Gasteiger charge is -2.33. The summed E-state index contributed by atoms with van der Waals surface area (Å²) in [6.45, 7) is 6.71. The first-order chi connectivity index (χ1) is 8.63. The zero-order valence-corrected chi connectivity index (χ0v) is 12.1. The van der Waals surface area contributed by atoms with Crippen molar-refractivity contribution in [2.75, 3.05) is 0 Å².